The van der Waals surface area contributed by atoms with Crippen LogP contribution in [-0.4, -0.2) is 31.6 Å². The number of rotatable bonds is 4. The quantitative estimate of drug-likeness (QED) is 0.724. The molecule has 0 spiro atoms. The van der Waals surface area contributed by atoms with E-state index in [4.69, 9.17) is 16.0 Å². The van der Waals surface area contributed by atoms with Gasteiger partial charge in [0.25, 0.3) is 5.91 Å². The van der Waals surface area contributed by atoms with Gasteiger partial charge in [0.1, 0.15) is 10.7 Å². The van der Waals surface area contributed by atoms with Gasteiger partial charge in [-0.25, -0.2) is 4.98 Å². The van der Waals surface area contributed by atoms with E-state index in [9.17, 15) is 4.79 Å². The second-order valence-corrected chi connectivity index (χ2v) is 6.44. The van der Waals surface area contributed by atoms with E-state index in [-0.39, 0.29) is 18.5 Å². The van der Waals surface area contributed by atoms with E-state index < -0.39 is 0 Å². The molecule has 126 valence electrons. The van der Waals surface area contributed by atoms with Gasteiger partial charge in [-0.3, -0.25) is 9.48 Å². The van der Waals surface area contributed by atoms with Gasteiger partial charge < -0.3 is 9.32 Å². The lowest BCUT2D eigenvalue weighted by molar-refractivity contribution is 0.0673. The molecular formula is C17H19ClN4O2. The minimum absolute atomic E-state index is 0.0366. The molecule has 3 rings (SSSR count). The van der Waals surface area contributed by atoms with Crippen molar-refractivity contribution >= 4 is 28.6 Å². The Morgan fingerprint density at radius 3 is 2.79 bits per heavy atom. The first-order valence-electron chi connectivity index (χ1n) is 7.71. The molecule has 0 unspecified atom stereocenters. The molecule has 2 aromatic heterocycles. The third kappa shape index (κ3) is 3.01. The lowest BCUT2D eigenvalue weighted by Crippen LogP contribution is -2.36. The first-order valence-corrected chi connectivity index (χ1v) is 8.09. The highest BCUT2D eigenvalue weighted by Gasteiger charge is 2.25. The lowest BCUT2D eigenvalue weighted by Gasteiger charge is -2.25. The zero-order valence-electron chi connectivity index (χ0n) is 14.1. The number of benzene rings is 1. The summed E-state index contributed by atoms with van der Waals surface area (Å²) in [6, 6.07) is 5.78. The van der Waals surface area contributed by atoms with Crippen molar-refractivity contribution < 1.29 is 9.21 Å². The van der Waals surface area contributed by atoms with E-state index in [0.717, 1.165) is 11.1 Å². The van der Waals surface area contributed by atoms with Crippen molar-refractivity contribution in [1.82, 2.24) is 19.7 Å². The summed E-state index contributed by atoms with van der Waals surface area (Å²) in [4.78, 5) is 19.0. The van der Waals surface area contributed by atoms with Gasteiger partial charge in [-0.2, -0.15) is 5.10 Å². The summed E-state index contributed by atoms with van der Waals surface area (Å²) in [5.41, 5.74) is 2.99. The Morgan fingerprint density at radius 1 is 1.42 bits per heavy atom. The van der Waals surface area contributed by atoms with Gasteiger partial charge in [-0.1, -0.05) is 17.7 Å². The van der Waals surface area contributed by atoms with Crippen LogP contribution in [0, 0.1) is 6.92 Å². The van der Waals surface area contributed by atoms with Gasteiger partial charge in [-0.05, 0) is 38.5 Å². The monoisotopic (exact) mass is 346 g/mol. The summed E-state index contributed by atoms with van der Waals surface area (Å²) in [6.45, 7) is 6.15. The highest BCUT2D eigenvalue weighted by atomic mass is 35.5. The van der Waals surface area contributed by atoms with Crippen LogP contribution in [0.5, 0.6) is 0 Å². The van der Waals surface area contributed by atoms with Crippen molar-refractivity contribution in [3.05, 3.63) is 46.6 Å². The minimum atomic E-state index is -0.193. The molecule has 1 amide bonds. The fourth-order valence-corrected chi connectivity index (χ4v) is 2.68. The normalized spacial score (nSPS) is 11.4. The molecule has 0 saturated heterocycles. The van der Waals surface area contributed by atoms with Gasteiger partial charge in [0.2, 0.25) is 5.89 Å². The van der Waals surface area contributed by atoms with Crippen LogP contribution in [0.2, 0.25) is 5.15 Å². The second-order valence-electron chi connectivity index (χ2n) is 6.08. The number of aromatic nitrogens is 3. The Hall–Kier alpha value is -2.34. The zero-order valence-corrected chi connectivity index (χ0v) is 14.8. The van der Waals surface area contributed by atoms with E-state index in [1.165, 1.54) is 10.9 Å². The predicted molar refractivity (Wildman–Crippen MR) is 92.0 cm³/mol. The van der Waals surface area contributed by atoms with Gasteiger partial charge in [0, 0.05) is 13.1 Å². The third-order valence-electron chi connectivity index (χ3n) is 3.87. The number of hydrogen-bond donors (Lipinski definition) is 0. The van der Waals surface area contributed by atoms with Crippen molar-refractivity contribution in [3.8, 4) is 0 Å². The maximum Gasteiger partial charge on any atom is 0.259 e. The van der Waals surface area contributed by atoms with Crippen LogP contribution < -0.4 is 0 Å². The number of carbonyl (C=O) groups is 1. The molecule has 0 aliphatic heterocycles. The first kappa shape index (κ1) is 16.5. The van der Waals surface area contributed by atoms with Gasteiger partial charge in [0.15, 0.2) is 5.58 Å². The fraction of sp³-hybridized carbons (Fsp3) is 0.353. The molecule has 24 heavy (non-hydrogen) atoms. The predicted octanol–water partition coefficient (Wildman–Crippen LogP) is 3.57. The molecule has 1 aromatic carbocycles. The van der Waals surface area contributed by atoms with Crippen LogP contribution in [0.4, 0.5) is 0 Å². The summed E-state index contributed by atoms with van der Waals surface area (Å²) in [6.07, 6.45) is 1.48. The number of amides is 1. The number of oxazole rings is 1. The number of fused-ring (bicyclic) bond motifs is 1. The number of carbonyl (C=O) groups excluding carboxylic acids is 1. The minimum Gasteiger partial charge on any atom is -0.439 e. The van der Waals surface area contributed by atoms with Crippen molar-refractivity contribution in [2.24, 2.45) is 7.05 Å². The van der Waals surface area contributed by atoms with E-state index in [1.807, 2.05) is 39.0 Å². The zero-order chi connectivity index (χ0) is 17.4. The van der Waals surface area contributed by atoms with Crippen molar-refractivity contribution in [1.29, 1.82) is 0 Å². The van der Waals surface area contributed by atoms with Crippen LogP contribution in [0.3, 0.4) is 0 Å². The van der Waals surface area contributed by atoms with Crippen LogP contribution in [0.15, 0.2) is 28.8 Å². The van der Waals surface area contributed by atoms with Crippen molar-refractivity contribution in [2.75, 3.05) is 0 Å². The number of hydrogen-bond acceptors (Lipinski definition) is 4. The Kier molecular flexibility index (Phi) is 4.32. The van der Waals surface area contributed by atoms with Crippen LogP contribution in [-0.2, 0) is 13.6 Å². The molecule has 0 bridgehead atoms. The second kappa shape index (κ2) is 6.28. The molecule has 2 heterocycles. The summed E-state index contributed by atoms with van der Waals surface area (Å²) >= 11 is 6.15. The summed E-state index contributed by atoms with van der Waals surface area (Å²) in [5, 5.41) is 4.35. The molecule has 3 aromatic rings. The molecule has 0 N–H and O–H groups in total. The molecule has 6 nitrogen and oxygen atoms in total. The largest absolute Gasteiger partial charge is 0.439 e. The Bertz CT molecular complexity index is 897. The summed E-state index contributed by atoms with van der Waals surface area (Å²) in [5.74, 6) is 0.305. The summed E-state index contributed by atoms with van der Waals surface area (Å²) in [7, 11) is 1.70. The molecule has 0 atom stereocenters. The van der Waals surface area contributed by atoms with Crippen LogP contribution >= 0.6 is 11.6 Å². The van der Waals surface area contributed by atoms with E-state index in [2.05, 4.69) is 10.1 Å². The maximum atomic E-state index is 12.8. The topological polar surface area (TPSA) is 64.2 Å². The first-order chi connectivity index (χ1) is 11.4. The van der Waals surface area contributed by atoms with Crippen molar-refractivity contribution in [2.45, 2.75) is 33.4 Å². The molecule has 0 radical (unpaired) electrons. The molecule has 0 aliphatic rings. The van der Waals surface area contributed by atoms with E-state index >= 15 is 0 Å². The Labute approximate surface area is 145 Å². The molecular weight excluding hydrogens is 328 g/mol. The van der Waals surface area contributed by atoms with Gasteiger partial charge in [-0.15, -0.1) is 0 Å². The molecule has 0 aliphatic carbocycles. The van der Waals surface area contributed by atoms with Crippen molar-refractivity contribution in [3.63, 3.8) is 0 Å². The van der Waals surface area contributed by atoms with E-state index in [0.29, 0.717) is 22.2 Å². The number of halogens is 1. The summed E-state index contributed by atoms with van der Waals surface area (Å²) < 4.78 is 7.23. The number of nitrogens with zero attached hydrogens (tertiary/aromatic N) is 4. The average Bonchev–Trinajstić information content (AvgIpc) is 3.07. The maximum absolute atomic E-state index is 12.8. The lowest BCUT2D eigenvalue weighted by atomic mass is 10.2. The Morgan fingerprint density at radius 2 is 2.17 bits per heavy atom. The number of aryl methyl sites for hydroxylation is 2. The van der Waals surface area contributed by atoms with E-state index in [1.54, 1.807) is 11.9 Å². The Balaban J connectivity index is 1.90. The smallest absolute Gasteiger partial charge is 0.259 e. The molecule has 7 heteroatoms. The highest BCUT2D eigenvalue weighted by Crippen LogP contribution is 2.22. The van der Waals surface area contributed by atoms with Gasteiger partial charge in [0.05, 0.1) is 18.3 Å². The fourth-order valence-electron chi connectivity index (χ4n) is 2.51. The standard InChI is InChI=1S/C17H19ClN4O2/c1-10(2)22(17(23)12-8-19-21(4)16(12)18)9-15-20-13-7-11(3)5-6-14(13)24-15/h5-8,10H,9H2,1-4H3. The average molecular weight is 347 g/mol. The highest BCUT2D eigenvalue weighted by molar-refractivity contribution is 6.32. The van der Waals surface area contributed by atoms with Gasteiger partial charge >= 0.3 is 0 Å². The third-order valence-corrected chi connectivity index (χ3v) is 4.32. The van der Waals surface area contributed by atoms with Crippen LogP contribution in [0.1, 0.15) is 35.7 Å². The molecule has 0 fully saturated rings. The van der Waals surface area contributed by atoms with Crippen LogP contribution in [0.25, 0.3) is 11.1 Å². The SMILES string of the molecule is Cc1ccc2oc(CN(C(=O)c3cnn(C)c3Cl)C(C)C)nc2c1. The molecule has 0 saturated carbocycles.